The molecule has 0 unspecified atom stereocenters. The number of H-pyrrole nitrogens is 1. The van der Waals surface area contributed by atoms with Gasteiger partial charge in [-0.3, -0.25) is 0 Å². The Labute approximate surface area is 82.9 Å². The fourth-order valence-electron chi connectivity index (χ4n) is 2.21. The molecule has 1 N–H and O–H groups in total. The van der Waals surface area contributed by atoms with E-state index in [0.717, 1.165) is 25.2 Å². The molecule has 0 bridgehead atoms. The molecule has 0 saturated heterocycles. The molecule has 0 fully saturated rings. The average molecular weight is 187 g/mol. The lowest BCUT2D eigenvalue weighted by molar-refractivity contribution is 0.289. The standard InChI is InChI=1S/C12H13NO/c1-8-7-10-9-3-2-6-14-12(9)5-4-11(10)13-8/h4-5,7,13H,2-3,6H2,1H3. The van der Waals surface area contributed by atoms with Gasteiger partial charge < -0.3 is 9.72 Å². The maximum atomic E-state index is 5.63. The zero-order valence-corrected chi connectivity index (χ0v) is 8.26. The van der Waals surface area contributed by atoms with E-state index in [1.165, 1.54) is 22.2 Å². The molecule has 1 aromatic carbocycles. The number of aryl methyl sites for hydroxylation is 2. The molecular formula is C12H13NO. The van der Waals surface area contributed by atoms with Crippen molar-refractivity contribution in [2.45, 2.75) is 19.8 Å². The van der Waals surface area contributed by atoms with Crippen LogP contribution < -0.4 is 4.74 Å². The number of benzene rings is 1. The first kappa shape index (κ1) is 7.92. The highest BCUT2D eigenvalue weighted by Gasteiger charge is 2.14. The van der Waals surface area contributed by atoms with Crippen molar-refractivity contribution in [2.24, 2.45) is 0 Å². The third-order valence-electron chi connectivity index (χ3n) is 2.84. The van der Waals surface area contributed by atoms with Crippen LogP contribution in [0.4, 0.5) is 0 Å². The van der Waals surface area contributed by atoms with Gasteiger partial charge in [-0.15, -0.1) is 0 Å². The Balaban J connectivity index is 2.33. The van der Waals surface area contributed by atoms with Gasteiger partial charge in [0, 0.05) is 22.2 Å². The molecule has 2 heterocycles. The summed E-state index contributed by atoms with van der Waals surface area (Å²) in [5, 5.41) is 1.33. The first-order valence-electron chi connectivity index (χ1n) is 5.08. The fraction of sp³-hybridized carbons (Fsp3) is 0.333. The van der Waals surface area contributed by atoms with Crippen LogP contribution in [0.3, 0.4) is 0 Å². The van der Waals surface area contributed by atoms with Crippen molar-refractivity contribution in [3.05, 3.63) is 29.5 Å². The number of aromatic nitrogens is 1. The number of hydrogen-bond donors (Lipinski definition) is 1. The summed E-state index contributed by atoms with van der Waals surface area (Å²) in [7, 11) is 0. The van der Waals surface area contributed by atoms with Crippen LogP contribution >= 0.6 is 0 Å². The summed E-state index contributed by atoms with van der Waals surface area (Å²) >= 11 is 0. The topological polar surface area (TPSA) is 25.0 Å². The summed E-state index contributed by atoms with van der Waals surface area (Å²) in [6.45, 7) is 2.96. The van der Waals surface area contributed by atoms with E-state index in [0.29, 0.717) is 0 Å². The van der Waals surface area contributed by atoms with Crippen LogP contribution in [0.1, 0.15) is 17.7 Å². The van der Waals surface area contributed by atoms with Gasteiger partial charge in [0.2, 0.25) is 0 Å². The predicted molar refractivity (Wildman–Crippen MR) is 56.9 cm³/mol. The lowest BCUT2D eigenvalue weighted by Gasteiger charge is -2.17. The molecule has 72 valence electrons. The molecule has 1 aromatic heterocycles. The van der Waals surface area contributed by atoms with Gasteiger partial charge in [-0.2, -0.15) is 0 Å². The highest BCUT2D eigenvalue weighted by molar-refractivity contribution is 5.86. The molecule has 0 saturated carbocycles. The van der Waals surface area contributed by atoms with Crippen molar-refractivity contribution in [2.75, 3.05) is 6.61 Å². The molecule has 0 atom stereocenters. The van der Waals surface area contributed by atoms with Crippen LogP contribution in [-0.2, 0) is 6.42 Å². The second kappa shape index (κ2) is 2.77. The highest BCUT2D eigenvalue weighted by atomic mass is 16.5. The first-order valence-corrected chi connectivity index (χ1v) is 5.08. The summed E-state index contributed by atoms with van der Waals surface area (Å²) in [4.78, 5) is 3.35. The third kappa shape index (κ3) is 1.03. The number of hydrogen-bond acceptors (Lipinski definition) is 1. The summed E-state index contributed by atoms with van der Waals surface area (Å²) in [5.74, 6) is 1.07. The van der Waals surface area contributed by atoms with Gasteiger partial charge in [-0.05, 0) is 38.0 Å². The van der Waals surface area contributed by atoms with E-state index >= 15 is 0 Å². The van der Waals surface area contributed by atoms with Crippen LogP contribution in [-0.4, -0.2) is 11.6 Å². The predicted octanol–water partition coefficient (Wildman–Crippen LogP) is 2.80. The number of ether oxygens (including phenoxy) is 1. The lowest BCUT2D eigenvalue weighted by atomic mass is 10.0. The van der Waals surface area contributed by atoms with Gasteiger partial charge in [-0.25, -0.2) is 0 Å². The minimum absolute atomic E-state index is 0.863. The quantitative estimate of drug-likeness (QED) is 0.674. The number of fused-ring (bicyclic) bond motifs is 3. The lowest BCUT2D eigenvalue weighted by Crippen LogP contribution is -2.08. The van der Waals surface area contributed by atoms with Crippen molar-refractivity contribution in [1.82, 2.24) is 4.98 Å². The van der Waals surface area contributed by atoms with Gasteiger partial charge in [0.05, 0.1) is 6.61 Å². The van der Waals surface area contributed by atoms with Crippen molar-refractivity contribution < 1.29 is 4.74 Å². The second-order valence-corrected chi connectivity index (χ2v) is 3.91. The van der Waals surface area contributed by atoms with Gasteiger partial charge in [0.1, 0.15) is 5.75 Å². The van der Waals surface area contributed by atoms with Crippen molar-refractivity contribution in [3.8, 4) is 5.75 Å². The summed E-state index contributed by atoms with van der Waals surface area (Å²) in [6.07, 6.45) is 2.28. The van der Waals surface area contributed by atoms with E-state index in [1.54, 1.807) is 0 Å². The highest BCUT2D eigenvalue weighted by Crippen LogP contribution is 2.32. The minimum Gasteiger partial charge on any atom is -0.493 e. The summed E-state index contributed by atoms with van der Waals surface area (Å²) < 4.78 is 5.63. The number of nitrogens with one attached hydrogen (secondary N) is 1. The van der Waals surface area contributed by atoms with E-state index in [2.05, 4.69) is 30.1 Å². The average Bonchev–Trinajstić information content (AvgIpc) is 2.59. The molecule has 2 nitrogen and oxygen atoms in total. The van der Waals surface area contributed by atoms with E-state index in [1.807, 2.05) is 0 Å². The Bertz CT molecular complexity index is 484. The first-order chi connectivity index (χ1) is 6.84. The third-order valence-corrected chi connectivity index (χ3v) is 2.84. The van der Waals surface area contributed by atoms with Crippen LogP contribution in [0.5, 0.6) is 5.75 Å². The minimum atomic E-state index is 0.863. The molecule has 3 rings (SSSR count). The molecular weight excluding hydrogens is 174 g/mol. The second-order valence-electron chi connectivity index (χ2n) is 3.91. The molecule has 0 radical (unpaired) electrons. The number of rotatable bonds is 0. The van der Waals surface area contributed by atoms with Crippen LogP contribution in [0.2, 0.25) is 0 Å². The molecule has 0 amide bonds. The Kier molecular flexibility index (Phi) is 1.57. The molecule has 0 aliphatic carbocycles. The van der Waals surface area contributed by atoms with E-state index in [-0.39, 0.29) is 0 Å². The van der Waals surface area contributed by atoms with E-state index in [9.17, 15) is 0 Å². The molecule has 1 aliphatic heterocycles. The molecule has 2 heteroatoms. The maximum Gasteiger partial charge on any atom is 0.123 e. The normalized spacial score (nSPS) is 15.2. The van der Waals surface area contributed by atoms with Crippen LogP contribution in [0, 0.1) is 6.92 Å². The monoisotopic (exact) mass is 187 g/mol. The molecule has 1 aliphatic rings. The van der Waals surface area contributed by atoms with E-state index in [4.69, 9.17) is 4.74 Å². The van der Waals surface area contributed by atoms with E-state index < -0.39 is 0 Å². The Morgan fingerprint density at radius 3 is 3.21 bits per heavy atom. The Morgan fingerprint density at radius 2 is 2.29 bits per heavy atom. The van der Waals surface area contributed by atoms with Crippen LogP contribution in [0.15, 0.2) is 18.2 Å². The molecule has 2 aromatic rings. The van der Waals surface area contributed by atoms with Gasteiger partial charge in [0.15, 0.2) is 0 Å². The Morgan fingerprint density at radius 1 is 1.36 bits per heavy atom. The van der Waals surface area contributed by atoms with Crippen molar-refractivity contribution in [3.63, 3.8) is 0 Å². The zero-order chi connectivity index (χ0) is 9.54. The van der Waals surface area contributed by atoms with Crippen LogP contribution in [0.25, 0.3) is 10.9 Å². The zero-order valence-electron chi connectivity index (χ0n) is 8.26. The number of aromatic amines is 1. The summed E-state index contributed by atoms with van der Waals surface area (Å²) in [5.41, 5.74) is 3.82. The summed E-state index contributed by atoms with van der Waals surface area (Å²) in [6, 6.07) is 6.39. The van der Waals surface area contributed by atoms with Gasteiger partial charge >= 0.3 is 0 Å². The van der Waals surface area contributed by atoms with Gasteiger partial charge in [-0.1, -0.05) is 0 Å². The molecule has 14 heavy (non-hydrogen) atoms. The van der Waals surface area contributed by atoms with Gasteiger partial charge in [0.25, 0.3) is 0 Å². The SMILES string of the molecule is Cc1cc2c3c(ccc2[nH]1)OCCC3. The largest absolute Gasteiger partial charge is 0.493 e. The Hall–Kier alpha value is -1.44. The maximum absolute atomic E-state index is 5.63. The molecule has 0 spiro atoms. The smallest absolute Gasteiger partial charge is 0.123 e. The van der Waals surface area contributed by atoms with Crippen molar-refractivity contribution in [1.29, 1.82) is 0 Å². The fourth-order valence-corrected chi connectivity index (χ4v) is 2.21. The van der Waals surface area contributed by atoms with Crippen molar-refractivity contribution >= 4 is 10.9 Å².